The van der Waals surface area contributed by atoms with Gasteiger partial charge in [-0.15, -0.1) is 0 Å². The van der Waals surface area contributed by atoms with Gasteiger partial charge in [0.1, 0.15) is 0 Å². The predicted molar refractivity (Wildman–Crippen MR) is 105 cm³/mol. The number of aromatic nitrogens is 3. The highest BCUT2D eigenvalue weighted by molar-refractivity contribution is 5.94. The average molecular weight is 371 g/mol. The van der Waals surface area contributed by atoms with Gasteiger partial charge in [-0.1, -0.05) is 0 Å². The van der Waals surface area contributed by atoms with Gasteiger partial charge in [-0.3, -0.25) is 14.5 Å². The van der Waals surface area contributed by atoms with Crippen molar-refractivity contribution >= 4 is 5.91 Å². The molecule has 0 unspecified atom stereocenters. The van der Waals surface area contributed by atoms with Crippen molar-refractivity contribution in [2.45, 2.75) is 39.8 Å². The molecule has 1 fully saturated rings. The first-order valence-electron chi connectivity index (χ1n) is 9.36. The highest BCUT2D eigenvalue weighted by atomic mass is 16.5. The monoisotopic (exact) mass is 371 g/mol. The van der Waals surface area contributed by atoms with Crippen LogP contribution in [0.15, 0.2) is 18.3 Å². The summed E-state index contributed by atoms with van der Waals surface area (Å²) in [4.78, 5) is 19.3. The second-order valence-corrected chi connectivity index (χ2v) is 7.73. The fraction of sp³-hybridized carbons (Fsp3) is 0.550. The molecule has 27 heavy (non-hydrogen) atoms. The van der Waals surface area contributed by atoms with E-state index in [2.05, 4.69) is 29.2 Å². The maximum atomic E-state index is 12.8. The Bertz CT molecular complexity index is 811. The normalized spacial score (nSPS) is 16.6. The topological polar surface area (TPSA) is 72.3 Å². The molecule has 0 saturated carbocycles. The summed E-state index contributed by atoms with van der Waals surface area (Å²) in [6.45, 7) is 11.8. The Kier molecular flexibility index (Phi) is 5.62. The molecule has 0 aromatic carbocycles. The summed E-state index contributed by atoms with van der Waals surface area (Å²) in [6, 6.07) is 3.78. The van der Waals surface area contributed by atoms with Gasteiger partial charge in [0.05, 0.1) is 30.1 Å². The highest BCUT2D eigenvalue weighted by Gasteiger charge is 2.29. The molecule has 7 heteroatoms. The second-order valence-electron chi connectivity index (χ2n) is 7.73. The Hall–Kier alpha value is -2.25. The third-order valence-electron chi connectivity index (χ3n) is 5.01. The zero-order chi connectivity index (χ0) is 19.6. The SMILES string of the molecule is COCCn1nc(C)c(-c2ccc(C(=O)N3CCNC(C)(C)C3)cn2)c1C. The number of carbonyl (C=O) groups excluding carboxylic acids is 1. The van der Waals surface area contributed by atoms with E-state index < -0.39 is 0 Å². The summed E-state index contributed by atoms with van der Waals surface area (Å²) in [6.07, 6.45) is 1.68. The van der Waals surface area contributed by atoms with E-state index in [9.17, 15) is 4.79 Å². The van der Waals surface area contributed by atoms with E-state index in [1.807, 2.05) is 35.6 Å². The third-order valence-corrected chi connectivity index (χ3v) is 5.01. The Morgan fingerprint density at radius 1 is 1.33 bits per heavy atom. The van der Waals surface area contributed by atoms with E-state index in [0.29, 0.717) is 31.8 Å². The first kappa shape index (κ1) is 19.5. The molecule has 0 radical (unpaired) electrons. The van der Waals surface area contributed by atoms with Crippen LogP contribution in [0, 0.1) is 13.8 Å². The Balaban J connectivity index is 1.80. The third kappa shape index (κ3) is 4.20. The molecule has 1 amide bonds. The Morgan fingerprint density at radius 2 is 2.11 bits per heavy atom. The van der Waals surface area contributed by atoms with Crippen molar-refractivity contribution < 1.29 is 9.53 Å². The molecule has 1 N–H and O–H groups in total. The lowest BCUT2D eigenvalue weighted by Crippen LogP contribution is -2.58. The molecule has 0 aliphatic carbocycles. The maximum absolute atomic E-state index is 12.8. The summed E-state index contributed by atoms with van der Waals surface area (Å²) < 4.78 is 7.09. The molecule has 1 aliphatic rings. The summed E-state index contributed by atoms with van der Waals surface area (Å²) in [5.41, 5.74) is 4.41. The average Bonchev–Trinajstić information content (AvgIpc) is 2.92. The van der Waals surface area contributed by atoms with Gasteiger partial charge >= 0.3 is 0 Å². The molecule has 2 aromatic heterocycles. The molecule has 3 rings (SSSR count). The number of methoxy groups -OCH3 is 1. The number of aryl methyl sites for hydroxylation is 1. The standard InChI is InChI=1S/C20H29N5O2/c1-14-18(15(2)25(23-14)10-11-27-5)17-7-6-16(12-21-17)19(26)24-9-8-22-20(3,4)13-24/h6-7,12,22H,8-11,13H2,1-5H3. The van der Waals surface area contributed by atoms with E-state index in [4.69, 9.17) is 4.74 Å². The summed E-state index contributed by atoms with van der Waals surface area (Å²) in [5.74, 6) is 0.0351. The second kappa shape index (κ2) is 7.78. The smallest absolute Gasteiger partial charge is 0.255 e. The van der Waals surface area contributed by atoms with Crippen molar-refractivity contribution in [3.05, 3.63) is 35.3 Å². The largest absolute Gasteiger partial charge is 0.383 e. The van der Waals surface area contributed by atoms with E-state index in [1.54, 1.807) is 13.3 Å². The van der Waals surface area contributed by atoms with Crippen LogP contribution in [0.4, 0.5) is 0 Å². The van der Waals surface area contributed by atoms with Crippen molar-refractivity contribution in [2.24, 2.45) is 0 Å². The molecule has 146 valence electrons. The van der Waals surface area contributed by atoms with Gasteiger partial charge in [-0.2, -0.15) is 5.10 Å². The van der Waals surface area contributed by atoms with Gasteiger partial charge in [0.15, 0.2) is 0 Å². The van der Waals surface area contributed by atoms with Gasteiger partial charge in [0, 0.05) is 49.7 Å². The Labute approximate surface area is 160 Å². The zero-order valence-corrected chi connectivity index (χ0v) is 16.9. The first-order valence-corrected chi connectivity index (χ1v) is 9.36. The van der Waals surface area contributed by atoms with E-state index >= 15 is 0 Å². The number of hydrogen-bond acceptors (Lipinski definition) is 5. The maximum Gasteiger partial charge on any atom is 0.255 e. The van der Waals surface area contributed by atoms with Crippen molar-refractivity contribution in [3.63, 3.8) is 0 Å². The van der Waals surface area contributed by atoms with E-state index in [1.165, 1.54) is 0 Å². The Morgan fingerprint density at radius 3 is 2.74 bits per heavy atom. The molecule has 1 saturated heterocycles. The predicted octanol–water partition coefficient (Wildman–Crippen LogP) is 2.03. The van der Waals surface area contributed by atoms with Crippen molar-refractivity contribution in [1.29, 1.82) is 0 Å². The van der Waals surface area contributed by atoms with Crippen LogP contribution in [0.3, 0.4) is 0 Å². The van der Waals surface area contributed by atoms with Gasteiger partial charge in [-0.25, -0.2) is 0 Å². The fourth-order valence-electron chi connectivity index (χ4n) is 3.63. The number of pyridine rings is 1. The number of ether oxygens (including phenoxy) is 1. The van der Waals surface area contributed by atoms with Crippen LogP contribution in [0.1, 0.15) is 35.6 Å². The van der Waals surface area contributed by atoms with Crippen LogP contribution in [0.25, 0.3) is 11.3 Å². The summed E-state index contributed by atoms with van der Waals surface area (Å²) in [7, 11) is 1.68. The van der Waals surface area contributed by atoms with E-state index in [0.717, 1.165) is 29.2 Å². The lowest BCUT2D eigenvalue weighted by molar-refractivity contribution is 0.0652. The lowest BCUT2D eigenvalue weighted by atomic mass is 10.0. The number of nitrogens with one attached hydrogen (secondary N) is 1. The molecule has 0 bridgehead atoms. The molecular weight excluding hydrogens is 342 g/mol. The van der Waals surface area contributed by atoms with Crippen LogP contribution in [-0.2, 0) is 11.3 Å². The summed E-state index contributed by atoms with van der Waals surface area (Å²) in [5, 5.41) is 8.01. The van der Waals surface area contributed by atoms with E-state index in [-0.39, 0.29) is 11.4 Å². The lowest BCUT2D eigenvalue weighted by Gasteiger charge is -2.39. The number of hydrogen-bond donors (Lipinski definition) is 1. The minimum Gasteiger partial charge on any atom is -0.383 e. The van der Waals surface area contributed by atoms with Crippen molar-refractivity contribution in [1.82, 2.24) is 25.0 Å². The summed E-state index contributed by atoms with van der Waals surface area (Å²) >= 11 is 0. The van der Waals surface area contributed by atoms with Gasteiger partial charge in [-0.05, 0) is 39.8 Å². The molecule has 2 aromatic rings. The molecule has 0 spiro atoms. The number of rotatable bonds is 5. The highest BCUT2D eigenvalue weighted by Crippen LogP contribution is 2.25. The molecule has 0 atom stereocenters. The van der Waals surface area contributed by atoms with Crippen LogP contribution in [-0.4, -0.2) is 64.5 Å². The number of carbonyl (C=O) groups is 1. The van der Waals surface area contributed by atoms with Crippen LogP contribution in [0.5, 0.6) is 0 Å². The molecular formula is C20H29N5O2. The van der Waals surface area contributed by atoms with Gasteiger partial charge in [0.2, 0.25) is 0 Å². The molecule has 3 heterocycles. The van der Waals surface area contributed by atoms with Crippen molar-refractivity contribution in [2.75, 3.05) is 33.4 Å². The fourth-order valence-corrected chi connectivity index (χ4v) is 3.63. The molecule has 7 nitrogen and oxygen atoms in total. The minimum absolute atomic E-state index is 0.0351. The molecule has 1 aliphatic heterocycles. The van der Waals surface area contributed by atoms with Crippen LogP contribution >= 0.6 is 0 Å². The van der Waals surface area contributed by atoms with Gasteiger partial charge < -0.3 is 15.0 Å². The van der Waals surface area contributed by atoms with Gasteiger partial charge in [0.25, 0.3) is 5.91 Å². The zero-order valence-electron chi connectivity index (χ0n) is 16.9. The number of amides is 1. The van der Waals surface area contributed by atoms with Crippen molar-refractivity contribution in [3.8, 4) is 11.3 Å². The number of piperazine rings is 1. The quantitative estimate of drug-likeness (QED) is 0.871. The van der Waals surface area contributed by atoms with Crippen LogP contribution in [0.2, 0.25) is 0 Å². The minimum atomic E-state index is -0.0632. The van der Waals surface area contributed by atoms with Crippen LogP contribution < -0.4 is 5.32 Å². The number of nitrogens with zero attached hydrogens (tertiary/aromatic N) is 4. The first-order chi connectivity index (χ1) is 12.8.